The molecule has 1 saturated heterocycles. The van der Waals surface area contributed by atoms with Crippen LogP contribution in [-0.2, 0) is 14.6 Å². The molecule has 2 aliphatic rings. The fourth-order valence-corrected chi connectivity index (χ4v) is 3.66. The number of nitrogens with zero attached hydrogens (tertiary/aromatic N) is 1. The van der Waals surface area contributed by atoms with Crippen molar-refractivity contribution in [3.63, 3.8) is 0 Å². The molecular formula is C10H15NO3S. The van der Waals surface area contributed by atoms with Crippen LogP contribution in [0.4, 0.5) is 0 Å². The summed E-state index contributed by atoms with van der Waals surface area (Å²) in [6.07, 6.45) is 4.83. The molecule has 0 N–H and O–H groups in total. The minimum absolute atomic E-state index is 0.0587. The van der Waals surface area contributed by atoms with Gasteiger partial charge >= 0.3 is 0 Å². The third kappa shape index (κ3) is 2.59. The van der Waals surface area contributed by atoms with E-state index in [2.05, 4.69) is 0 Å². The number of hydrogen-bond acceptors (Lipinski definition) is 3. The maximum atomic E-state index is 11.3. The van der Waals surface area contributed by atoms with Crippen molar-refractivity contribution in [2.24, 2.45) is 5.92 Å². The predicted molar refractivity (Wildman–Crippen MR) is 57.1 cm³/mol. The van der Waals surface area contributed by atoms with Gasteiger partial charge in [-0.1, -0.05) is 6.08 Å². The van der Waals surface area contributed by atoms with Gasteiger partial charge in [-0.05, 0) is 18.8 Å². The van der Waals surface area contributed by atoms with Crippen molar-refractivity contribution in [3.05, 3.63) is 12.2 Å². The molecule has 0 aliphatic carbocycles. The molecule has 0 aromatic heterocycles. The Bertz CT molecular complexity index is 371. The summed E-state index contributed by atoms with van der Waals surface area (Å²) in [4.78, 5) is 13.1. The average molecular weight is 229 g/mol. The summed E-state index contributed by atoms with van der Waals surface area (Å²) in [5.74, 6) is 0.987. The monoisotopic (exact) mass is 229 g/mol. The van der Waals surface area contributed by atoms with E-state index in [9.17, 15) is 13.2 Å². The van der Waals surface area contributed by atoms with Gasteiger partial charge in [-0.2, -0.15) is 0 Å². The standard InChI is InChI=1S/C10H15NO3S/c12-10-2-1-5-11(10)8-9-3-6-15(13,14)7-4-9/h1-2,9H,3-8H2. The molecule has 0 radical (unpaired) electrons. The van der Waals surface area contributed by atoms with Crippen LogP contribution >= 0.6 is 0 Å². The number of sulfone groups is 1. The average Bonchev–Trinajstić information content (AvgIpc) is 2.56. The summed E-state index contributed by atoms with van der Waals surface area (Å²) in [5.41, 5.74) is 0. The highest BCUT2D eigenvalue weighted by molar-refractivity contribution is 7.91. The molecule has 5 heteroatoms. The van der Waals surface area contributed by atoms with Gasteiger partial charge in [0.15, 0.2) is 0 Å². The van der Waals surface area contributed by atoms with Crippen LogP contribution in [0.15, 0.2) is 12.2 Å². The lowest BCUT2D eigenvalue weighted by atomic mass is 10.0. The second-order valence-electron chi connectivity index (χ2n) is 4.24. The van der Waals surface area contributed by atoms with E-state index in [1.54, 1.807) is 11.0 Å². The van der Waals surface area contributed by atoms with Crippen LogP contribution < -0.4 is 0 Å². The maximum absolute atomic E-state index is 11.3. The SMILES string of the molecule is O=C1C=CCN1CC1CCS(=O)(=O)CC1. The predicted octanol–water partition coefficient (Wildman–Crippen LogP) is 0.210. The lowest BCUT2D eigenvalue weighted by molar-refractivity contribution is -0.125. The Morgan fingerprint density at radius 2 is 2.00 bits per heavy atom. The van der Waals surface area contributed by atoms with E-state index in [-0.39, 0.29) is 17.4 Å². The summed E-state index contributed by atoms with van der Waals surface area (Å²) in [6.45, 7) is 1.39. The minimum atomic E-state index is -2.78. The zero-order chi connectivity index (χ0) is 10.9. The summed E-state index contributed by atoms with van der Waals surface area (Å²) >= 11 is 0. The first-order valence-corrected chi connectivity index (χ1v) is 7.05. The van der Waals surface area contributed by atoms with Gasteiger partial charge in [-0.15, -0.1) is 0 Å². The summed E-state index contributed by atoms with van der Waals surface area (Å²) in [6, 6.07) is 0. The van der Waals surface area contributed by atoms with Crippen molar-refractivity contribution in [3.8, 4) is 0 Å². The number of rotatable bonds is 2. The third-order valence-electron chi connectivity index (χ3n) is 3.05. The Hall–Kier alpha value is -0.840. The highest BCUT2D eigenvalue weighted by Crippen LogP contribution is 2.20. The Kier molecular flexibility index (Phi) is 2.82. The molecule has 2 aliphatic heterocycles. The molecule has 2 heterocycles. The fourth-order valence-electron chi connectivity index (χ4n) is 2.07. The highest BCUT2D eigenvalue weighted by atomic mass is 32.2. The molecule has 0 spiro atoms. The molecule has 1 amide bonds. The van der Waals surface area contributed by atoms with E-state index in [4.69, 9.17) is 0 Å². The zero-order valence-electron chi connectivity index (χ0n) is 8.55. The van der Waals surface area contributed by atoms with Crippen molar-refractivity contribution in [2.45, 2.75) is 12.8 Å². The van der Waals surface area contributed by atoms with E-state index in [0.717, 1.165) is 0 Å². The Labute approximate surface area is 89.9 Å². The van der Waals surface area contributed by atoms with Crippen molar-refractivity contribution in [1.82, 2.24) is 4.90 Å². The Balaban J connectivity index is 1.85. The molecule has 0 atom stereocenters. The first-order valence-electron chi connectivity index (χ1n) is 5.23. The molecule has 2 rings (SSSR count). The number of carbonyl (C=O) groups excluding carboxylic acids is 1. The second kappa shape index (κ2) is 3.96. The molecular weight excluding hydrogens is 214 g/mol. The van der Waals surface area contributed by atoms with E-state index < -0.39 is 9.84 Å². The van der Waals surface area contributed by atoms with Crippen molar-refractivity contribution >= 4 is 15.7 Å². The first-order chi connectivity index (χ1) is 7.07. The lowest BCUT2D eigenvalue weighted by Gasteiger charge is -2.26. The van der Waals surface area contributed by atoms with Gasteiger partial charge in [0.2, 0.25) is 5.91 Å². The van der Waals surface area contributed by atoms with Gasteiger partial charge in [-0.3, -0.25) is 4.79 Å². The van der Waals surface area contributed by atoms with Crippen LogP contribution in [0.5, 0.6) is 0 Å². The molecule has 1 fully saturated rings. The van der Waals surface area contributed by atoms with Gasteiger partial charge < -0.3 is 4.90 Å². The maximum Gasteiger partial charge on any atom is 0.246 e. The van der Waals surface area contributed by atoms with Crippen LogP contribution in [-0.4, -0.2) is 43.8 Å². The number of hydrogen-bond donors (Lipinski definition) is 0. The number of amides is 1. The first kappa shape index (κ1) is 10.7. The molecule has 4 nitrogen and oxygen atoms in total. The van der Waals surface area contributed by atoms with E-state index in [1.807, 2.05) is 6.08 Å². The molecule has 0 aromatic rings. The Morgan fingerprint density at radius 3 is 2.53 bits per heavy atom. The van der Waals surface area contributed by atoms with Crippen LogP contribution in [0.1, 0.15) is 12.8 Å². The third-order valence-corrected chi connectivity index (χ3v) is 4.77. The molecule has 0 bridgehead atoms. The van der Waals surface area contributed by atoms with Gasteiger partial charge in [0, 0.05) is 19.2 Å². The molecule has 0 saturated carbocycles. The number of carbonyl (C=O) groups is 1. The van der Waals surface area contributed by atoms with Crippen LogP contribution in [0.25, 0.3) is 0 Å². The van der Waals surface area contributed by atoms with Crippen LogP contribution in [0, 0.1) is 5.92 Å². The smallest absolute Gasteiger partial charge is 0.246 e. The van der Waals surface area contributed by atoms with Gasteiger partial charge in [0.05, 0.1) is 11.5 Å². The zero-order valence-corrected chi connectivity index (χ0v) is 9.37. The van der Waals surface area contributed by atoms with E-state index in [0.29, 0.717) is 31.8 Å². The quantitative estimate of drug-likeness (QED) is 0.680. The highest BCUT2D eigenvalue weighted by Gasteiger charge is 2.26. The summed E-state index contributed by atoms with van der Waals surface area (Å²) in [5, 5.41) is 0. The van der Waals surface area contributed by atoms with Gasteiger partial charge in [0.1, 0.15) is 9.84 Å². The van der Waals surface area contributed by atoms with Crippen molar-refractivity contribution in [2.75, 3.05) is 24.6 Å². The van der Waals surface area contributed by atoms with Crippen molar-refractivity contribution in [1.29, 1.82) is 0 Å². The largest absolute Gasteiger partial charge is 0.335 e. The topological polar surface area (TPSA) is 54.5 Å². The van der Waals surface area contributed by atoms with Crippen LogP contribution in [0.2, 0.25) is 0 Å². The normalized spacial score (nSPS) is 26.1. The Morgan fingerprint density at radius 1 is 1.33 bits per heavy atom. The molecule has 15 heavy (non-hydrogen) atoms. The summed E-state index contributed by atoms with van der Waals surface area (Å²) in [7, 11) is -2.78. The van der Waals surface area contributed by atoms with Gasteiger partial charge in [-0.25, -0.2) is 8.42 Å². The second-order valence-corrected chi connectivity index (χ2v) is 6.54. The van der Waals surface area contributed by atoms with Gasteiger partial charge in [0.25, 0.3) is 0 Å². The van der Waals surface area contributed by atoms with Crippen molar-refractivity contribution < 1.29 is 13.2 Å². The van der Waals surface area contributed by atoms with Crippen LogP contribution in [0.3, 0.4) is 0 Å². The summed E-state index contributed by atoms with van der Waals surface area (Å²) < 4.78 is 22.4. The fraction of sp³-hybridized carbons (Fsp3) is 0.700. The van der Waals surface area contributed by atoms with E-state index in [1.165, 1.54) is 0 Å². The lowest BCUT2D eigenvalue weighted by Crippen LogP contribution is -2.35. The molecule has 0 unspecified atom stereocenters. The molecule has 0 aromatic carbocycles. The molecule has 84 valence electrons. The van der Waals surface area contributed by atoms with E-state index >= 15 is 0 Å². The minimum Gasteiger partial charge on any atom is -0.335 e.